The van der Waals surface area contributed by atoms with Crippen LogP contribution in [0, 0.1) is 5.82 Å². The number of benzene rings is 2. The lowest BCUT2D eigenvalue weighted by Crippen LogP contribution is -2.00. The van der Waals surface area contributed by atoms with Gasteiger partial charge in [-0.15, -0.1) is 0 Å². The van der Waals surface area contributed by atoms with Gasteiger partial charge in [-0.1, -0.05) is 31.7 Å². The van der Waals surface area contributed by atoms with Crippen LogP contribution in [0.15, 0.2) is 54.0 Å². The normalized spacial score (nSPS) is 10.2. The highest BCUT2D eigenvalue weighted by atomic mass is 19.1. The largest absolute Gasteiger partial charge is 0.383 e. The Bertz CT molecular complexity index is 645. The van der Waals surface area contributed by atoms with E-state index in [4.69, 9.17) is 0 Å². The molecule has 0 saturated carbocycles. The van der Waals surface area contributed by atoms with E-state index in [0.717, 1.165) is 41.0 Å². The van der Waals surface area contributed by atoms with E-state index in [1.54, 1.807) is 12.1 Å². The average molecular weight is 282 g/mol. The molecule has 0 heterocycles. The van der Waals surface area contributed by atoms with Gasteiger partial charge in [-0.2, -0.15) is 0 Å². The van der Waals surface area contributed by atoms with Crippen LogP contribution in [-0.2, 0) is 0 Å². The van der Waals surface area contributed by atoms with Crippen LogP contribution in [0.4, 0.5) is 15.8 Å². The molecule has 0 aliphatic carbocycles. The molecule has 0 radical (unpaired) electrons. The zero-order chi connectivity index (χ0) is 15.2. The van der Waals surface area contributed by atoms with Gasteiger partial charge in [0, 0.05) is 6.54 Å². The van der Waals surface area contributed by atoms with Gasteiger partial charge >= 0.3 is 0 Å². The first-order valence-electron chi connectivity index (χ1n) is 6.95. The number of hydrogen-bond donors (Lipinski definition) is 1. The van der Waals surface area contributed by atoms with E-state index in [1.807, 2.05) is 18.2 Å². The van der Waals surface area contributed by atoms with Gasteiger partial charge < -0.3 is 5.32 Å². The summed E-state index contributed by atoms with van der Waals surface area (Å²) in [5.41, 5.74) is 4.43. The Labute approximate surface area is 125 Å². The van der Waals surface area contributed by atoms with Crippen LogP contribution in [0.25, 0.3) is 5.57 Å². The minimum Gasteiger partial charge on any atom is -0.383 e. The Morgan fingerprint density at radius 2 is 1.81 bits per heavy atom. The van der Waals surface area contributed by atoms with Crippen molar-refractivity contribution in [3.05, 3.63) is 66.0 Å². The molecule has 2 nitrogen and oxygen atoms in total. The quantitative estimate of drug-likeness (QED) is 0.737. The highest BCUT2D eigenvalue weighted by Gasteiger charge is 2.07. The van der Waals surface area contributed by atoms with Crippen molar-refractivity contribution in [3.63, 3.8) is 0 Å². The van der Waals surface area contributed by atoms with E-state index in [9.17, 15) is 4.39 Å². The first-order valence-corrected chi connectivity index (χ1v) is 6.95. The van der Waals surface area contributed by atoms with Crippen molar-refractivity contribution < 1.29 is 4.39 Å². The minimum atomic E-state index is -0.251. The number of nitrogens with one attached hydrogen (secondary N) is 1. The summed E-state index contributed by atoms with van der Waals surface area (Å²) in [7, 11) is 0. The van der Waals surface area contributed by atoms with E-state index < -0.39 is 0 Å². The van der Waals surface area contributed by atoms with E-state index in [2.05, 4.69) is 30.5 Å². The van der Waals surface area contributed by atoms with Gasteiger partial charge in [-0.3, -0.25) is 4.99 Å². The van der Waals surface area contributed by atoms with E-state index in [-0.39, 0.29) is 5.82 Å². The number of hydrogen-bond acceptors (Lipinski definition) is 2. The van der Waals surface area contributed by atoms with E-state index in [1.165, 1.54) is 12.1 Å². The molecular weight excluding hydrogens is 263 g/mol. The second-order valence-electron chi connectivity index (χ2n) is 4.80. The number of anilines is 1. The first kappa shape index (κ1) is 15.0. The molecule has 108 valence electrons. The third-order valence-electron chi connectivity index (χ3n) is 3.27. The zero-order valence-electron chi connectivity index (χ0n) is 12.2. The van der Waals surface area contributed by atoms with Gasteiger partial charge in [0.15, 0.2) is 0 Å². The van der Waals surface area contributed by atoms with Crippen molar-refractivity contribution in [1.82, 2.24) is 0 Å². The molecule has 0 bridgehead atoms. The van der Waals surface area contributed by atoms with Gasteiger partial charge in [-0.05, 0) is 54.1 Å². The molecule has 2 aromatic carbocycles. The monoisotopic (exact) mass is 282 g/mol. The fourth-order valence-electron chi connectivity index (χ4n) is 2.08. The Morgan fingerprint density at radius 1 is 1.14 bits per heavy atom. The second kappa shape index (κ2) is 6.84. The lowest BCUT2D eigenvalue weighted by atomic mass is 9.98. The molecule has 0 saturated heterocycles. The van der Waals surface area contributed by atoms with Crippen LogP contribution in [0.2, 0.25) is 0 Å². The number of nitrogens with zero attached hydrogens (tertiary/aromatic N) is 1. The fourth-order valence-corrected chi connectivity index (χ4v) is 2.08. The maximum absolute atomic E-state index is 13.0. The van der Waals surface area contributed by atoms with Crippen molar-refractivity contribution in [1.29, 1.82) is 0 Å². The molecule has 21 heavy (non-hydrogen) atoms. The summed E-state index contributed by atoms with van der Waals surface area (Å²) in [4.78, 5) is 4.06. The second-order valence-corrected chi connectivity index (χ2v) is 4.80. The molecule has 0 amide bonds. The molecule has 0 fully saturated rings. The molecule has 0 aliphatic heterocycles. The Morgan fingerprint density at radius 3 is 2.43 bits per heavy atom. The Hall–Kier alpha value is -2.42. The highest BCUT2D eigenvalue weighted by molar-refractivity contribution is 5.82. The molecule has 3 heteroatoms. The van der Waals surface area contributed by atoms with E-state index >= 15 is 0 Å². The average Bonchev–Trinajstić information content (AvgIpc) is 2.52. The molecule has 0 atom stereocenters. The SMILES string of the molecule is C=Nc1cc(C(=C)c2ccc(F)cc2)ccc1NCCC. The van der Waals surface area contributed by atoms with Gasteiger partial charge in [0.1, 0.15) is 5.82 Å². The maximum Gasteiger partial charge on any atom is 0.123 e. The number of aliphatic imine (C=N–C) groups is 1. The van der Waals surface area contributed by atoms with E-state index in [0.29, 0.717) is 0 Å². The highest BCUT2D eigenvalue weighted by Crippen LogP contribution is 2.30. The lowest BCUT2D eigenvalue weighted by Gasteiger charge is -2.12. The van der Waals surface area contributed by atoms with Crippen LogP contribution in [0.1, 0.15) is 24.5 Å². The van der Waals surface area contributed by atoms with Gasteiger partial charge in [0.05, 0.1) is 11.4 Å². The smallest absolute Gasteiger partial charge is 0.123 e. The molecule has 0 aliphatic rings. The van der Waals surface area contributed by atoms with Crippen LogP contribution in [0.5, 0.6) is 0 Å². The standard InChI is InChI=1S/C18H19FN2/c1-4-11-21-17-10-7-15(12-18(17)20-3)13(2)14-5-8-16(19)9-6-14/h5-10,12,21H,2-4,11H2,1H3. The molecule has 1 N–H and O–H groups in total. The summed E-state index contributed by atoms with van der Waals surface area (Å²) in [6.07, 6.45) is 1.04. The summed E-state index contributed by atoms with van der Waals surface area (Å²) in [5, 5.41) is 3.31. The molecular formula is C18H19FN2. The Balaban J connectivity index is 2.29. The minimum absolute atomic E-state index is 0.251. The van der Waals surface area contributed by atoms with Crippen molar-refractivity contribution in [2.75, 3.05) is 11.9 Å². The van der Waals surface area contributed by atoms with Crippen molar-refractivity contribution >= 4 is 23.7 Å². The van der Waals surface area contributed by atoms with Crippen LogP contribution in [-0.4, -0.2) is 13.3 Å². The van der Waals surface area contributed by atoms with Crippen LogP contribution in [0.3, 0.4) is 0 Å². The third kappa shape index (κ3) is 3.57. The summed E-state index contributed by atoms with van der Waals surface area (Å²) in [5.74, 6) is -0.251. The van der Waals surface area contributed by atoms with Gasteiger partial charge in [0.25, 0.3) is 0 Å². The molecule has 0 unspecified atom stereocenters. The van der Waals surface area contributed by atoms with Crippen molar-refractivity contribution in [3.8, 4) is 0 Å². The summed E-state index contributed by atoms with van der Waals surface area (Å²) < 4.78 is 13.0. The van der Waals surface area contributed by atoms with Gasteiger partial charge in [0.2, 0.25) is 0 Å². The third-order valence-corrected chi connectivity index (χ3v) is 3.27. The van der Waals surface area contributed by atoms with Crippen LogP contribution < -0.4 is 5.32 Å². The topological polar surface area (TPSA) is 24.4 Å². The molecule has 0 aromatic heterocycles. The predicted molar refractivity (Wildman–Crippen MR) is 89.0 cm³/mol. The van der Waals surface area contributed by atoms with Crippen LogP contribution >= 0.6 is 0 Å². The fraction of sp³-hybridized carbons (Fsp3) is 0.167. The first-order chi connectivity index (χ1) is 10.2. The summed E-state index contributed by atoms with van der Waals surface area (Å²) >= 11 is 0. The van der Waals surface area contributed by atoms with Crippen molar-refractivity contribution in [2.24, 2.45) is 4.99 Å². The predicted octanol–water partition coefficient (Wildman–Crippen LogP) is 5.04. The Kier molecular flexibility index (Phi) is 4.88. The molecule has 2 aromatic rings. The van der Waals surface area contributed by atoms with Gasteiger partial charge in [-0.25, -0.2) is 4.39 Å². The number of halogens is 1. The number of rotatable bonds is 6. The molecule has 2 rings (SSSR count). The lowest BCUT2D eigenvalue weighted by molar-refractivity contribution is 0.627. The zero-order valence-corrected chi connectivity index (χ0v) is 12.2. The maximum atomic E-state index is 13.0. The molecule has 0 spiro atoms. The van der Waals surface area contributed by atoms with Crippen molar-refractivity contribution in [2.45, 2.75) is 13.3 Å². The summed E-state index contributed by atoms with van der Waals surface area (Å²) in [6, 6.07) is 12.2. The summed E-state index contributed by atoms with van der Waals surface area (Å²) in [6.45, 7) is 10.7.